The molecule has 1 aromatic rings. The van der Waals surface area contributed by atoms with Gasteiger partial charge in [-0.15, -0.1) is 0 Å². The van der Waals surface area contributed by atoms with E-state index in [1.807, 2.05) is 12.1 Å². The Kier molecular flexibility index (Phi) is 4.55. The van der Waals surface area contributed by atoms with Gasteiger partial charge >= 0.3 is 12.0 Å². The van der Waals surface area contributed by atoms with E-state index in [1.165, 1.54) is 0 Å². The predicted molar refractivity (Wildman–Crippen MR) is 73.1 cm³/mol. The Bertz CT molecular complexity index is 474. The molecule has 1 aromatic heterocycles. The molecule has 1 heterocycles. The third-order valence-corrected chi connectivity index (χ3v) is 3.27. The van der Waals surface area contributed by atoms with Crippen LogP contribution in [0.25, 0.3) is 0 Å². The maximum Gasteiger partial charge on any atom is 0.320 e. The van der Waals surface area contributed by atoms with Crippen LogP contribution in [0.1, 0.15) is 24.8 Å². The first-order chi connectivity index (χ1) is 9.58. The molecule has 0 aromatic carbocycles. The van der Waals surface area contributed by atoms with E-state index in [-0.39, 0.29) is 25.0 Å². The van der Waals surface area contributed by atoms with Crippen molar-refractivity contribution >= 4 is 12.0 Å². The third kappa shape index (κ3) is 3.94. The smallest absolute Gasteiger partial charge is 0.320 e. The van der Waals surface area contributed by atoms with Crippen molar-refractivity contribution in [1.29, 1.82) is 0 Å². The van der Waals surface area contributed by atoms with Gasteiger partial charge < -0.3 is 14.9 Å². The summed E-state index contributed by atoms with van der Waals surface area (Å²) in [5.41, 5.74) is 0.956. The lowest BCUT2D eigenvalue weighted by molar-refractivity contribution is -0.137. The molecule has 0 radical (unpaired) electrons. The van der Waals surface area contributed by atoms with E-state index in [9.17, 15) is 9.59 Å². The summed E-state index contributed by atoms with van der Waals surface area (Å²) in [6.07, 6.45) is 5.33. The summed E-state index contributed by atoms with van der Waals surface area (Å²) in [4.78, 5) is 30.3. The fourth-order valence-corrected chi connectivity index (χ4v) is 2.09. The molecule has 0 unspecified atom stereocenters. The second kappa shape index (κ2) is 6.36. The maximum atomic E-state index is 12.4. The number of pyridine rings is 1. The second-order valence-corrected chi connectivity index (χ2v) is 5.07. The minimum absolute atomic E-state index is 0.0109. The number of hydrogen-bond acceptors (Lipinski definition) is 3. The number of carbonyl (C=O) groups excluding carboxylic acids is 1. The summed E-state index contributed by atoms with van der Waals surface area (Å²) in [7, 11) is 1.73. The maximum absolute atomic E-state index is 12.4. The van der Waals surface area contributed by atoms with Crippen LogP contribution in [0.4, 0.5) is 4.79 Å². The van der Waals surface area contributed by atoms with Crippen molar-refractivity contribution in [3.05, 3.63) is 30.1 Å². The highest BCUT2D eigenvalue weighted by Crippen LogP contribution is 2.28. The third-order valence-electron chi connectivity index (χ3n) is 3.27. The van der Waals surface area contributed by atoms with Gasteiger partial charge in [-0.05, 0) is 24.5 Å². The van der Waals surface area contributed by atoms with Gasteiger partial charge in [-0.3, -0.25) is 9.78 Å². The van der Waals surface area contributed by atoms with E-state index >= 15 is 0 Å². The van der Waals surface area contributed by atoms with Crippen molar-refractivity contribution in [2.24, 2.45) is 0 Å². The molecule has 1 saturated carbocycles. The summed E-state index contributed by atoms with van der Waals surface area (Å²) in [5, 5.41) is 8.76. The summed E-state index contributed by atoms with van der Waals surface area (Å²) < 4.78 is 0. The standard InChI is InChI=1S/C14H19N3O3/c1-16(10-11-3-2-7-15-9-11)14(20)17(12-4-5-12)8-6-13(18)19/h2-3,7,9,12H,4-6,8,10H2,1H3,(H,18,19). The lowest BCUT2D eigenvalue weighted by atomic mass is 10.3. The van der Waals surface area contributed by atoms with Crippen molar-refractivity contribution in [2.45, 2.75) is 31.8 Å². The summed E-state index contributed by atoms with van der Waals surface area (Å²) in [5.74, 6) is -0.877. The fraction of sp³-hybridized carbons (Fsp3) is 0.500. The van der Waals surface area contributed by atoms with Gasteiger partial charge in [0.2, 0.25) is 0 Å². The first-order valence-corrected chi connectivity index (χ1v) is 6.70. The van der Waals surface area contributed by atoms with Crippen molar-refractivity contribution < 1.29 is 14.7 Å². The Hall–Kier alpha value is -2.11. The fourth-order valence-electron chi connectivity index (χ4n) is 2.09. The van der Waals surface area contributed by atoms with E-state index in [4.69, 9.17) is 5.11 Å². The Balaban J connectivity index is 1.94. The number of carboxylic acids is 1. The van der Waals surface area contributed by atoms with E-state index in [0.717, 1.165) is 18.4 Å². The zero-order valence-electron chi connectivity index (χ0n) is 11.5. The Morgan fingerprint density at radius 1 is 1.45 bits per heavy atom. The number of carbonyl (C=O) groups is 2. The number of carboxylic acid groups (broad SMARTS) is 1. The zero-order chi connectivity index (χ0) is 14.5. The van der Waals surface area contributed by atoms with Crippen molar-refractivity contribution in [3.63, 3.8) is 0 Å². The van der Waals surface area contributed by atoms with E-state index < -0.39 is 5.97 Å². The molecular formula is C14H19N3O3. The first-order valence-electron chi connectivity index (χ1n) is 6.70. The van der Waals surface area contributed by atoms with E-state index in [2.05, 4.69) is 4.98 Å². The number of hydrogen-bond donors (Lipinski definition) is 1. The molecule has 1 N–H and O–H groups in total. The molecular weight excluding hydrogens is 258 g/mol. The van der Waals surface area contributed by atoms with Crippen LogP contribution in [0.15, 0.2) is 24.5 Å². The molecule has 0 bridgehead atoms. The Labute approximate surface area is 118 Å². The van der Waals surface area contributed by atoms with Crippen LogP contribution < -0.4 is 0 Å². The Morgan fingerprint density at radius 3 is 2.75 bits per heavy atom. The number of aromatic nitrogens is 1. The Morgan fingerprint density at radius 2 is 2.20 bits per heavy atom. The van der Waals surface area contributed by atoms with Crippen LogP contribution in [-0.4, -0.2) is 51.5 Å². The molecule has 1 aliphatic carbocycles. The highest BCUT2D eigenvalue weighted by atomic mass is 16.4. The molecule has 0 spiro atoms. The SMILES string of the molecule is CN(Cc1cccnc1)C(=O)N(CCC(=O)O)C1CC1. The lowest BCUT2D eigenvalue weighted by Gasteiger charge is -2.28. The van der Waals surface area contributed by atoms with Gasteiger partial charge in [0.25, 0.3) is 0 Å². The van der Waals surface area contributed by atoms with Crippen molar-refractivity contribution in [2.75, 3.05) is 13.6 Å². The predicted octanol–water partition coefficient (Wildman–Crippen LogP) is 1.57. The van der Waals surface area contributed by atoms with Gasteiger partial charge in [-0.2, -0.15) is 0 Å². The zero-order valence-corrected chi connectivity index (χ0v) is 11.5. The summed E-state index contributed by atoms with van der Waals surface area (Å²) in [6.45, 7) is 0.749. The highest BCUT2D eigenvalue weighted by Gasteiger charge is 2.34. The van der Waals surface area contributed by atoms with E-state index in [1.54, 1.807) is 29.2 Å². The second-order valence-electron chi connectivity index (χ2n) is 5.07. The van der Waals surface area contributed by atoms with Gasteiger partial charge in [-0.25, -0.2) is 4.79 Å². The van der Waals surface area contributed by atoms with Gasteiger partial charge in [-0.1, -0.05) is 6.07 Å². The van der Waals surface area contributed by atoms with Crippen LogP contribution in [0.5, 0.6) is 0 Å². The highest BCUT2D eigenvalue weighted by molar-refractivity contribution is 5.76. The number of aliphatic carboxylic acids is 1. The van der Waals surface area contributed by atoms with Crippen LogP contribution in [0.2, 0.25) is 0 Å². The summed E-state index contributed by atoms with van der Waals surface area (Å²) >= 11 is 0. The number of urea groups is 1. The van der Waals surface area contributed by atoms with Crippen molar-refractivity contribution in [1.82, 2.24) is 14.8 Å². The topological polar surface area (TPSA) is 73.7 Å². The average molecular weight is 277 g/mol. The van der Waals surface area contributed by atoms with Gasteiger partial charge in [0, 0.05) is 38.6 Å². The molecule has 2 rings (SSSR count). The normalized spacial score (nSPS) is 13.8. The molecule has 6 nitrogen and oxygen atoms in total. The largest absolute Gasteiger partial charge is 0.481 e. The molecule has 0 aliphatic heterocycles. The van der Waals surface area contributed by atoms with Gasteiger partial charge in [0.05, 0.1) is 6.42 Å². The minimum Gasteiger partial charge on any atom is -0.481 e. The lowest BCUT2D eigenvalue weighted by Crippen LogP contribution is -2.43. The number of nitrogens with zero attached hydrogens (tertiary/aromatic N) is 3. The number of rotatable bonds is 6. The van der Waals surface area contributed by atoms with Crippen LogP contribution in [0.3, 0.4) is 0 Å². The first kappa shape index (κ1) is 14.3. The molecule has 1 aliphatic rings. The number of amides is 2. The molecule has 0 saturated heterocycles. The van der Waals surface area contributed by atoms with Crippen LogP contribution in [-0.2, 0) is 11.3 Å². The van der Waals surface area contributed by atoms with Gasteiger partial charge in [0.1, 0.15) is 0 Å². The minimum atomic E-state index is -0.877. The average Bonchev–Trinajstić information content (AvgIpc) is 3.24. The quantitative estimate of drug-likeness (QED) is 0.856. The molecule has 0 atom stereocenters. The van der Waals surface area contributed by atoms with Crippen LogP contribution in [0, 0.1) is 0 Å². The molecule has 108 valence electrons. The molecule has 6 heteroatoms. The van der Waals surface area contributed by atoms with Crippen molar-refractivity contribution in [3.8, 4) is 0 Å². The molecule has 1 fully saturated rings. The monoisotopic (exact) mass is 277 g/mol. The molecule has 2 amide bonds. The van der Waals surface area contributed by atoms with Gasteiger partial charge in [0.15, 0.2) is 0 Å². The molecule has 20 heavy (non-hydrogen) atoms. The van der Waals surface area contributed by atoms with Crippen LogP contribution >= 0.6 is 0 Å². The summed E-state index contributed by atoms with van der Waals surface area (Å²) in [6, 6.07) is 3.84. The van der Waals surface area contributed by atoms with E-state index in [0.29, 0.717) is 6.54 Å².